The first-order chi connectivity index (χ1) is 12.8. The van der Waals surface area contributed by atoms with Gasteiger partial charge in [0, 0.05) is 12.7 Å². The third-order valence-electron chi connectivity index (χ3n) is 7.27. The van der Waals surface area contributed by atoms with Crippen molar-refractivity contribution in [1.29, 1.82) is 0 Å². The maximum absolute atomic E-state index is 6.61. The molecule has 1 heterocycles. The largest absolute Gasteiger partial charge is 0.417 e. The first kappa shape index (κ1) is 26.3. The Hall–Kier alpha value is 0.271. The van der Waals surface area contributed by atoms with Crippen molar-refractivity contribution in [3.8, 4) is 0 Å². The molecule has 0 aromatic rings. The van der Waals surface area contributed by atoms with Gasteiger partial charge in [-0.05, 0) is 73.8 Å². The zero-order chi connectivity index (χ0) is 21.6. The highest BCUT2D eigenvalue weighted by Gasteiger charge is 2.38. The van der Waals surface area contributed by atoms with Crippen molar-refractivity contribution in [2.75, 3.05) is 13.2 Å². The molecule has 0 bridgehead atoms. The van der Waals surface area contributed by atoms with E-state index in [0.717, 1.165) is 32.5 Å². The highest BCUT2D eigenvalue weighted by atomic mass is 28.4. The summed E-state index contributed by atoms with van der Waals surface area (Å²) < 4.78 is 19.5. The van der Waals surface area contributed by atoms with E-state index in [9.17, 15) is 0 Å². The average Bonchev–Trinajstić information content (AvgIpc) is 2.60. The SMILES string of the molecule is CC[Si](CC)(CC)OCC1=CC[C@@H](CCCO[Si](C)(C)C(C)(C)C)O[Si]1(C)C. The molecule has 0 fully saturated rings. The van der Waals surface area contributed by atoms with E-state index < -0.39 is 25.0 Å². The van der Waals surface area contributed by atoms with Crippen LogP contribution >= 0.6 is 0 Å². The van der Waals surface area contributed by atoms with Gasteiger partial charge in [0.1, 0.15) is 0 Å². The van der Waals surface area contributed by atoms with Crippen molar-refractivity contribution >= 4 is 25.0 Å². The second kappa shape index (κ2) is 10.5. The minimum absolute atomic E-state index is 0.287. The van der Waals surface area contributed by atoms with E-state index in [4.69, 9.17) is 13.3 Å². The number of hydrogen-bond donors (Lipinski definition) is 0. The van der Waals surface area contributed by atoms with E-state index in [0.29, 0.717) is 6.10 Å². The first-order valence-electron chi connectivity index (χ1n) is 11.5. The predicted octanol–water partition coefficient (Wildman–Crippen LogP) is 7.27. The lowest BCUT2D eigenvalue weighted by Gasteiger charge is -2.38. The maximum atomic E-state index is 6.61. The Balaban J connectivity index is 2.53. The van der Waals surface area contributed by atoms with Gasteiger partial charge in [-0.2, -0.15) is 0 Å². The molecule has 0 N–H and O–H groups in total. The molecule has 0 aliphatic carbocycles. The van der Waals surface area contributed by atoms with Gasteiger partial charge >= 0.3 is 0 Å². The van der Waals surface area contributed by atoms with Gasteiger partial charge in [0.15, 0.2) is 16.6 Å². The lowest BCUT2D eigenvalue weighted by Crippen LogP contribution is -2.45. The molecule has 0 saturated carbocycles. The summed E-state index contributed by atoms with van der Waals surface area (Å²) in [5, 5.41) is 1.75. The van der Waals surface area contributed by atoms with E-state index in [1.807, 2.05) is 0 Å². The normalized spacial score (nSPS) is 20.9. The number of hydrogen-bond acceptors (Lipinski definition) is 3. The summed E-state index contributed by atoms with van der Waals surface area (Å²) in [6.07, 6.45) is 6.05. The van der Waals surface area contributed by atoms with E-state index in [2.05, 4.69) is 73.8 Å². The summed E-state index contributed by atoms with van der Waals surface area (Å²) in [7, 11) is -4.98. The Bertz CT molecular complexity index is 497. The molecule has 0 unspecified atom stereocenters. The van der Waals surface area contributed by atoms with Crippen molar-refractivity contribution in [3.63, 3.8) is 0 Å². The summed E-state index contributed by atoms with van der Waals surface area (Å²) in [6.45, 7) is 24.8. The summed E-state index contributed by atoms with van der Waals surface area (Å²) in [4.78, 5) is 0. The molecule has 28 heavy (non-hydrogen) atoms. The van der Waals surface area contributed by atoms with Crippen LogP contribution in [0.3, 0.4) is 0 Å². The molecule has 0 saturated heterocycles. The van der Waals surface area contributed by atoms with Gasteiger partial charge < -0.3 is 13.3 Å². The van der Waals surface area contributed by atoms with Crippen LogP contribution in [0.5, 0.6) is 0 Å². The van der Waals surface area contributed by atoms with E-state index in [-0.39, 0.29) is 5.04 Å². The monoisotopic (exact) mass is 444 g/mol. The molecule has 1 rings (SSSR count). The van der Waals surface area contributed by atoms with Crippen LogP contribution in [0.15, 0.2) is 11.3 Å². The zero-order valence-electron chi connectivity index (χ0n) is 20.5. The standard InChI is InChI=1S/C22H48O3Si3/c1-11-28(12-2,13-3)24-19-21-17-16-20(25-26(21,7)8)15-14-18-23-27(9,10)22(4,5)6/h17,20H,11-16,18-19H2,1-10H3/t20-/m1/s1. The minimum Gasteiger partial charge on any atom is -0.417 e. The minimum atomic E-state index is -1.82. The van der Waals surface area contributed by atoms with E-state index in [1.54, 1.807) is 0 Å². The van der Waals surface area contributed by atoms with Crippen LogP contribution in [0, 0.1) is 0 Å². The molecular formula is C22H48O3Si3. The maximum Gasteiger partial charge on any atom is 0.216 e. The van der Waals surface area contributed by atoms with Crippen LogP contribution in [0.25, 0.3) is 0 Å². The second-order valence-electron chi connectivity index (χ2n) is 10.5. The molecule has 166 valence electrons. The molecular weight excluding hydrogens is 396 g/mol. The summed E-state index contributed by atoms with van der Waals surface area (Å²) in [5.74, 6) is 0. The fraction of sp³-hybridized carbons (Fsp3) is 0.909. The summed E-state index contributed by atoms with van der Waals surface area (Å²) in [6, 6.07) is 3.65. The van der Waals surface area contributed by atoms with E-state index >= 15 is 0 Å². The Morgan fingerprint density at radius 3 is 2.11 bits per heavy atom. The average molecular weight is 445 g/mol. The molecule has 1 atom stereocenters. The van der Waals surface area contributed by atoms with Crippen molar-refractivity contribution in [2.24, 2.45) is 0 Å². The van der Waals surface area contributed by atoms with E-state index in [1.165, 1.54) is 23.3 Å². The molecule has 0 amide bonds. The number of rotatable bonds is 11. The fourth-order valence-electron chi connectivity index (χ4n) is 3.61. The summed E-state index contributed by atoms with van der Waals surface area (Å²) in [5.41, 5.74) is 0. The second-order valence-corrected chi connectivity index (χ2v) is 24.0. The van der Waals surface area contributed by atoms with Crippen LogP contribution in [0.1, 0.15) is 60.8 Å². The smallest absolute Gasteiger partial charge is 0.216 e. The summed E-state index contributed by atoms with van der Waals surface area (Å²) >= 11 is 0. The molecule has 1 aliphatic heterocycles. The Labute approximate surface area is 179 Å². The lowest BCUT2D eigenvalue weighted by atomic mass is 10.1. The highest BCUT2D eigenvalue weighted by Crippen LogP contribution is 2.37. The van der Waals surface area contributed by atoms with Gasteiger partial charge in [0.2, 0.25) is 8.32 Å². The van der Waals surface area contributed by atoms with Gasteiger partial charge in [0.05, 0.1) is 6.61 Å². The Morgan fingerprint density at radius 2 is 1.64 bits per heavy atom. The van der Waals surface area contributed by atoms with Gasteiger partial charge in [-0.3, -0.25) is 0 Å². The van der Waals surface area contributed by atoms with Gasteiger partial charge in [-0.25, -0.2) is 0 Å². The van der Waals surface area contributed by atoms with Gasteiger partial charge in [-0.1, -0.05) is 47.6 Å². The molecule has 1 aliphatic rings. The van der Waals surface area contributed by atoms with Crippen molar-refractivity contribution < 1.29 is 13.3 Å². The quantitative estimate of drug-likeness (QED) is 0.248. The Kier molecular flexibility index (Phi) is 9.90. The van der Waals surface area contributed by atoms with Crippen LogP contribution in [-0.4, -0.2) is 44.3 Å². The van der Waals surface area contributed by atoms with Crippen LogP contribution in [0.4, 0.5) is 0 Å². The third kappa shape index (κ3) is 7.20. The zero-order valence-corrected chi connectivity index (χ0v) is 23.5. The van der Waals surface area contributed by atoms with Crippen molar-refractivity contribution in [3.05, 3.63) is 11.3 Å². The molecule has 0 radical (unpaired) electrons. The molecule has 0 aromatic carbocycles. The first-order valence-corrected chi connectivity index (χ1v) is 19.8. The Morgan fingerprint density at radius 1 is 1.07 bits per heavy atom. The van der Waals surface area contributed by atoms with Crippen LogP contribution < -0.4 is 0 Å². The van der Waals surface area contributed by atoms with Crippen LogP contribution in [-0.2, 0) is 13.3 Å². The predicted molar refractivity (Wildman–Crippen MR) is 131 cm³/mol. The third-order valence-corrected chi connectivity index (χ3v) is 19.2. The topological polar surface area (TPSA) is 27.7 Å². The lowest BCUT2D eigenvalue weighted by molar-refractivity contribution is 0.162. The van der Waals surface area contributed by atoms with Crippen molar-refractivity contribution in [1.82, 2.24) is 0 Å². The van der Waals surface area contributed by atoms with Gasteiger partial charge in [0.25, 0.3) is 0 Å². The van der Waals surface area contributed by atoms with Crippen molar-refractivity contribution in [2.45, 2.75) is 116 Å². The molecule has 3 nitrogen and oxygen atoms in total. The molecule has 6 heteroatoms. The van der Waals surface area contributed by atoms with Gasteiger partial charge in [-0.15, -0.1) is 0 Å². The highest BCUT2D eigenvalue weighted by molar-refractivity contribution is 6.79. The fourth-order valence-corrected chi connectivity index (χ4v) is 9.65. The van der Waals surface area contributed by atoms with Crippen LogP contribution in [0.2, 0.25) is 49.4 Å². The molecule has 0 aromatic heterocycles. The molecule has 0 spiro atoms.